The number of nitrogens with zero attached hydrogens (tertiary/aromatic N) is 3. The zero-order valence-corrected chi connectivity index (χ0v) is 15.2. The maximum absolute atomic E-state index is 12.9. The Kier molecular flexibility index (Phi) is 4.68. The van der Waals surface area contributed by atoms with Crippen molar-refractivity contribution in [2.75, 3.05) is 45.8 Å². The van der Waals surface area contributed by atoms with Gasteiger partial charge in [0.25, 0.3) is 5.91 Å². The molecule has 2 saturated heterocycles. The number of fused-ring (bicyclic) bond motifs is 1. The van der Waals surface area contributed by atoms with E-state index in [0.717, 1.165) is 55.6 Å². The van der Waals surface area contributed by atoms with Crippen molar-refractivity contribution in [3.8, 4) is 0 Å². The summed E-state index contributed by atoms with van der Waals surface area (Å²) in [6, 6.07) is 7.73. The molecule has 0 aliphatic carbocycles. The summed E-state index contributed by atoms with van der Waals surface area (Å²) in [7, 11) is 0. The fourth-order valence-electron chi connectivity index (χ4n) is 3.89. The fourth-order valence-corrected chi connectivity index (χ4v) is 3.89. The lowest BCUT2D eigenvalue weighted by Crippen LogP contribution is -2.51. The van der Waals surface area contributed by atoms with Gasteiger partial charge in [0.1, 0.15) is 5.58 Å². The summed E-state index contributed by atoms with van der Waals surface area (Å²) in [6.45, 7) is 6.89. The van der Waals surface area contributed by atoms with Crippen molar-refractivity contribution in [1.82, 2.24) is 14.7 Å². The highest BCUT2D eigenvalue weighted by Crippen LogP contribution is 2.26. The minimum Gasteiger partial charge on any atom is -0.451 e. The Balaban J connectivity index is 1.37. The van der Waals surface area contributed by atoms with Crippen LogP contribution < -0.4 is 0 Å². The van der Waals surface area contributed by atoms with Crippen LogP contribution in [0.5, 0.6) is 0 Å². The molecule has 2 amide bonds. The van der Waals surface area contributed by atoms with E-state index >= 15 is 0 Å². The molecule has 4 rings (SSSR count). The molecule has 1 aromatic carbocycles. The van der Waals surface area contributed by atoms with Gasteiger partial charge in [-0.1, -0.05) is 18.2 Å². The maximum Gasteiger partial charge on any atom is 0.289 e. The number of aryl methyl sites for hydroxylation is 1. The third-order valence-electron chi connectivity index (χ3n) is 5.52. The summed E-state index contributed by atoms with van der Waals surface area (Å²) in [4.78, 5) is 31.1. The van der Waals surface area contributed by atoms with Crippen LogP contribution in [0.3, 0.4) is 0 Å². The summed E-state index contributed by atoms with van der Waals surface area (Å²) < 4.78 is 5.81. The second-order valence-electron chi connectivity index (χ2n) is 7.21. The average molecular weight is 355 g/mol. The van der Waals surface area contributed by atoms with Crippen LogP contribution in [-0.2, 0) is 4.79 Å². The van der Waals surface area contributed by atoms with Crippen LogP contribution in [0.15, 0.2) is 28.7 Å². The topological polar surface area (TPSA) is 57.0 Å². The highest BCUT2D eigenvalue weighted by molar-refractivity contribution is 5.99. The molecule has 0 atom stereocenters. The van der Waals surface area contributed by atoms with Gasteiger partial charge in [-0.3, -0.25) is 14.5 Å². The number of benzene rings is 1. The van der Waals surface area contributed by atoms with Crippen LogP contribution >= 0.6 is 0 Å². The number of piperazine rings is 1. The molecular weight excluding hydrogens is 330 g/mol. The van der Waals surface area contributed by atoms with E-state index in [4.69, 9.17) is 4.42 Å². The normalized spacial score (nSPS) is 18.7. The largest absolute Gasteiger partial charge is 0.451 e. The monoisotopic (exact) mass is 355 g/mol. The molecule has 0 radical (unpaired) electrons. The van der Waals surface area contributed by atoms with E-state index < -0.39 is 0 Å². The van der Waals surface area contributed by atoms with E-state index in [0.29, 0.717) is 25.4 Å². The smallest absolute Gasteiger partial charge is 0.289 e. The molecule has 3 heterocycles. The maximum atomic E-state index is 12.9. The van der Waals surface area contributed by atoms with Crippen molar-refractivity contribution < 1.29 is 14.0 Å². The first-order chi connectivity index (χ1) is 12.6. The molecule has 0 saturated carbocycles. The molecule has 0 bridgehead atoms. The Morgan fingerprint density at radius 2 is 1.65 bits per heavy atom. The number of carbonyl (C=O) groups excluding carboxylic acids is 2. The second kappa shape index (κ2) is 7.11. The lowest BCUT2D eigenvalue weighted by molar-refractivity contribution is -0.131. The van der Waals surface area contributed by atoms with Crippen molar-refractivity contribution in [3.05, 3.63) is 35.6 Å². The van der Waals surface area contributed by atoms with Gasteiger partial charge in [-0.05, 0) is 25.8 Å². The Morgan fingerprint density at radius 3 is 2.35 bits per heavy atom. The molecule has 2 fully saturated rings. The molecule has 26 heavy (non-hydrogen) atoms. The van der Waals surface area contributed by atoms with Crippen LogP contribution in [0.25, 0.3) is 11.0 Å². The third-order valence-corrected chi connectivity index (χ3v) is 5.52. The van der Waals surface area contributed by atoms with Gasteiger partial charge >= 0.3 is 0 Å². The lowest BCUT2D eigenvalue weighted by Gasteiger charge is -2.34. The summed E-state index contributed by atoms with van der Waals surface area (Å²) in [5.41, 5.74) is 1.65. The van der Waals surface area contributed by atoms with Gasteiger partial charge in [0.05, 0.1) is 6.54 Å². The van der Waals surface area contributed by atoms with E-state index in [9.17, 15) is 9.59 Å². The highest BCUT2D eigenvalue weighted by Gasteiger charge is 2.28. The highest BCUT2D eigenvalue weighted by atomic mass is 16.3. The van der Waals surface area contributed by atoms with Crippen LogP contribution in [0, 0.1) is 6.92 Å². The Labute approximate surface area is 153 Å². The number of para-hydroxylation sites is 1. The van der Waals surface area contributed by atoms with Gasteiger partial charge < -0.3 is 14.2 Å². The van der Waals surface area contributed by atoms with Gasteiger partial charge in [0.2, 0.25) is 5.91 Å². The first-order valence-corrected chi connectivity index (χ1v) is 9.41. The van der Waals surface area contributed by atoms with E-state index in [2.05, 4.69) is 4.90 Å². The van der Waals surface area contributed by atoms with Gasteiger partial charge in [-0.25, -0.2) is 0 Å². The summed E-state index contributed by atoms with van der Waals surface area (Å²) >= 11 is 0. The summed E-state index contributed by atoms with van der Waals surface area (Å²) in [5, 5.41) is 0.991. The number of amides is 2. The van der Waals surface area contributed by atoms with Crippen LogP contribution in [0.1, 0.15) is 29.0 Å². The minimum atomic E-state index is -0.0516. The second-order valence-corrected chi connectivity index (χ2v) is 7.21. The zero-order valence-electron chi connectivity index (χ0n) is 15.2. The average Bonchev–Trinajstić information content (AvgIpc) is 3.31. The Hall–Kier alpha value is -2.34. The molecule has 6 heteroatoms. The van der Waals surface area contributed by atoms with Crippen molar-refractivity contribution in [2.45, 2.75) is 19.8 Å². The predicted molar refractivity (Wildman–Crippen MR) is 99.1 cm³/mol. The SMILES string of the molecule is Cc1c(C(=O)N2CCN(CC(=O)N3CCCC3)CC2)oc2ccccc12. The van der Waals surface area contributed by atoms with Crippen molar-refractivity contribution in [2.24, 2.45) is 0 Å². The number of furan rings is 1. The summed E-state index contributed by atoms with van der Waals surface area (Å²) in [5.74, 6) is 0.604. The molecule has 138 valence electrons. The molecule has 0 unspecified atom stereocenters. The number of likely N-dealkylation sites (tertiary alicyclic amines) is 1. The lowest BCUT2D eigenvalue weighted by atomic mass is 10.1. The third kappa shape index (κ3) is 3.21. The fraction of sp³-hybridized carbons (Fsp3) is 0.500. The van der Waals surface area contributed by atoms with Crippen LogP contribution in [0.4, 0.5) is 0 Å². The van der Waals surface area contributed by atoms with Crippen LogP contribution in [0.2, 0.25) is 0 Å². The van der Waals surface area contributed by atoms with Gasteiger partial charge in [0, 0.05) is 50.2 Å². The van der Waals surface area contributed by atoms with E-state index in [-0.39, 0.29) is 11.8 Å². The first-order valence-electron chi connectivity index (χ1n) is 9.41. The molecule has 2 aliphatic rings. The van der Waals surface area contributed by atoms with Gasteiger partial charge in [-0.2, -0.15) is 0 Å². The molecular formula is C20H25N3O3. The molecule has 1 aromatic heterocycles. The molecule has 0 spiro atoms. The zero-order chi connectivity index (χ0) is 18.1. The number of rotatable bonds is 3. The summed E-state index contributed by atoms with van der Waals surface area (Å²) in [6.07, 6.45) is 2.23. The van der Waals surface area contributed by atoms with E-state index in [1.54, 1.807) is 0 Å². The van der Waals surface area contributed by atoms with Crippen molar-refractivity contribution in [3.63, 3.8) is 0 Å². The number of hydrogen-bond acceptors (Lipinski definition) is 4. The quantitative estimate of drug-likeness (QED) is 0.846. The molecule has 6 nitrogen and oxygen atoms in total. The van der Waals surface area contributed by atoms with Crippen molar-refractivity contribution in [1.29, 1.82) is 0 Å². The van der Waals surface area contributed by atoms with Gasteiger partial charge in [-0.15, -0.1) is 0 Å². The molecule has 2 aromatic rings. The minimum absolute atomic E-state index is 0.0516. The Morgan fingerprint density at radius 1 is 0.962 bits per heavy atom. The van der Waals surface area contributed by atoms with Crippen molar-refractivity contribution >= 4 is 22.8 Å². The standard InChI is InChI=1S/C20H25N3O3/c1-15-16-6-2-3-7-17(16)26-19(15)20(25)23-12-10-21(11-13-23)14-18(24)22-8-4-5-9-22/h2-3,6-7H,4-5,8-14H2,1H3. The molecule has 0 N–H and O–H groups in total. The number of carbonyl (C=O) groups is 2. The first kappa shape index (κ1) is 17.1. The van der Waals surface area contributed by atoms with E-state index in [1.807, 2.05) is 41.0 Å². The molecule has 2 aliphatic heterocycles. The van der Waals surface area contributed by atoms with E-state index in [1.165, 1.54) is 0 Å². The predicted octanol–water partition coefficient (Wildman–Crippen LogP) is 2.12. The Bertz CT molecular complexity index is 815. The van der Waals surface area contributed by atoms with Crippen LogP contribution in [-0.4, -0.2) is 72.3 Å². The number of hydrogen-bond donors (Lipinski definition) is 0. The van der Waals surface area contributed by atoms with Gasteiger partial charge in [0.15, 0.2) is 5.76 Å².